The van der Waals surface area contributed by atoms with E-state index < -0.39 is 11.7 Å². The molecule has 0 unspecified atom stereocenters. The van der Waals surface area contributed by atoms with Crippen LogP contribution in [0, 0.1) is 0 Å². The molecule has 0 aliphatic heterocycles. The Morgan fingerprint density at radius 2 is 2.06 bits per heavy atom. The normalized spacial score (nSPS) is 15.9. The zero-order valence-corrected chi connectivity index (χ0v) is 9.35. The molecule has 1 aliphatic carbocycles. The molecule has 2 heterocycles. The van der Waals surface area contributed by atoms with Gasteiger partial charge in [-0.15, -0.1) is 0 Å². The van der Waals surface area contributed by atoms with Crippen LogP contribution in [0.2, 0.25) is 0 Å². The molecule has 0 amide bonds. The molecule has 6 heteroatoms. The third-order valence-corrected chi connectivity index (χ3v) is 2.98. The van der Waals surface area contributed by atoms with Gasteiger partial charge in [0.2, 0.25) is 0 Å². The predicted octanol–water partition coefficient (Wildman–Crippen LogP) is 3.16. The van der Waals surface area contributed by atoms with E-state index in [1.165, 1.54) is 23.2 Å². The molecule has 0 bridgehead atoms. The quantitative estimate of drug-likeness (QED) is 0.823. The van der Waals surface area contributed by atoms with Gasteiger partial charge in [0, 0.05) is 24.5 Å². The first-order valence-electron chi connectivity index (χ1n) is 5.61. The number of imidazole rings is 1. The number of hydrogen-bond donors (Lipinski definition) is 0. The Bertz CT molecular complexity index is 570. The minimum absolute atomic E-state index is 0.0666. The number of rotatable bonds is 2. The van der Waals surface area contributed by atoms with Crippen molar-refractivity contribution >= 4 is 0 Å². The molecule has 0 spiro atoms. The number of aromatic nitrogens is 3. The minimum Gasteiger partial charge on any atom is -0.305 e. The first kappa shape index (κ1) is 11.3. The van der Waals surface area contributed by atoms with Gasteiger partial charge in [0.15, 0.2) is 0 Å². The van der Waals surface area contributed by atoms with Crippen molar-refractivity contribution in [1.29, 1.82) is 0 Å². The zero-order valence-electron chi connectivity index (χ0n) is 9.35. The summed E-state index contributed by atoms with van der Waals surface area (Å²) >= 11 is 0. The van der Waals surface area contributed by atoms with Crippen molar-refractivity contribution in [2.24, 2.45) is 0 Å². The molecule has 2 aromatic rings. The third kappa shape index (κ3) is 1.98. The lowest BCUT2D eigenvalue weighted by atomic mass is 10.2. The van der Waals surface area contributed by atoms with E-state index in [4.69, 9.17) is 0 Å². The Morgan fingerprint density at radius 1 is 1.28 bits per heavy atom. The van der Waals surface area contributed by atoms with Gasteiger partial charge >= 0.3 is 6.18 Å². The van der Waals surface area contributed by atoms with Gasteiger partial charge in [-0.1, -0.05) is 0 Å². The molecule has 1 saturated carbocycles. The topological polar surface area (TPSA) is 30.7 Å². The predicted molar refractivity (Wildman–Crippen MR) is 58.3 cm³/mol. The van der Waals surface area contributed by atoms with Crippen LogP contribution < -0.4 is 0 Å². The van der Waals surface area contributed by atoms with E-state index >= 15 is 0 Å². The van der Waals surface area contributed by atoms with E-state index in [-0.39, 0.29) is 5.69 Å². The maximum absolute atomic E-state index is 12.8. The van der Waals surface area contributed by atoms with Crippen LogP contribution in [0.15, 0.2) is 31.0 Å². The lowest BCUT2D eigenvalue weighted by Gasteiger charge is -2.11. The molecule has 0 radical (unpaired) electrons. The monoisotopic (exact) mass is 253 g/mol. The Balaban J connectivity index is 2.04. The number of nitrogens with zero attached hydrogens (tertiary/aromatic N) is 3. The fraction of sp³-hybridized carbons (Fsp3) is 0.333. The highest BCUT2D eigenvalue weighted by molar-refractivity contribution is 5.41. The number of alkyl halides is 3. The van der Waals surface area contributed by atoms with E-state index in [2.05, 4.69) is 9.97 Å². The van der Waals surface area contributed by atoms with Crippen LogP contribution in [0.25, 0.3) is 5.69 Å². The molecule has 3 nitrogen and oxygen atoms in total. The largest absolute Gasteiger partial charge is 0.419 e. The van der Waals surface area contributed by atoms with Crippen molar-refractivity contribution in [1.82, 2.24) is 14.5 Å². The van der Waals surface area contributed by atoms with Gasteiger partial charge in [-0.05, 0) is 18.9 Å². The second kappa shape index (κ2) is 3.83. The minimum atomic E-state index is -4.41. The van der Waals surface area contributed by atoms with Crippen LogP contribution >= 0.6 is 0 Å². The third-order valence-electron chi connectivity index (χ3n) is 2.98. The van der Waals surface area contributed by atoms with Crippen LogP contribution in [0.3, 0.4) is 0 Å². The van der Waals surface area contributed by atoms with Crippen molar-refractivity contribution < 1.29 is 13.2 Å². The summed E-state index contributed by atoms with van der Waals surface area (Å²) in [6, 6.07) is 1.35. The molecular formula is C12H10F3N3. The van der Waals surface area contributed by atoms with Crippen molar-refractivity contribution in [2.75, 3.05) is 0 Å². The molecule has 1 fully saturated rings. The zero-order chi connectivity index (χ0) is 12.8. The van der Waals surface area contributed by atoms with E-state index in [0.717, 1.165) is 24.7 Å². The van der Waals surface area contributed by atoms with Crippen molar-refractivity contribution in [3.8, 4) is 5.69 Å². The molecule has 2 aromatic heterocycles. The Kier molecular flexibility index (Phi) is 2.39. The standard InChI is InChI=1S/C12H10F3N3/c13-12(14,15)9-5-16-4-3-11(9)18-6-10(17-7-18)8-1-2-8/h3-8H,1-2H2. The summed E-state index contributed by atoms with van der Waals surface area (Å²) in [6.45, 7) is 0. The van der Waals surface area contributed by atoms with Gasteiger partial charge in [0.05, 0.1) is 23.3 Å². The van der Waals surface area contributed by atoms with Gasteiger partial charge < -0.3 is 4.57 Å². The highest BCUT2D eigenvalue weighted by atomic mass is 19.4. The summed E-state index contributed by atoms with van der Waals surface area (Å²) in [4.78, 5) is 7.69. The first-order chi connectivity index (χ1) is 8.55. The van der Waals surface area contributed by atoms with Crippen LogP contribution in [0.1, 0.15) is 30.0 Å². The molecule has 0 N–H and O–H groups in total. The van der Waals surface area contributed by atoms with E-state index in [1.807, 2.05) is 0 Å². The summed E-state index contributed by atoms with van der Waals surface area (Å²) in [6.07, 6.45) is 3.01. The van der Waals surface area contributed by atoms with Gasteiger partial charge in [-0.2, -0.15) is 13.2 Å². The van der Waals surface area contributed by atoms with E-state index in [0.29, 0.717) is 5.92 Å². The molecule has 0 saturated heterocycles. The summed E-state index contributed by atoms with van der Waals surface area (Å²) in [5.41, 5.74) is 0.182. The molecule has 1 aliphatic rings. The number of hydrogen-bond acceptors (Lipinski definition) is 2. The van der Waals surface area contributed by atoms with Crippen LogP contribution in [-0.4, -0.2) is 14.5 Å². The second-order valence-electron chi connectivity index (χ2n) is 4.37. The smallest absolute Gasteiger partial charge is 0.305 e. The summed E-state index contributed by atoms with van der Waals surface area (Å²) < 4.78 is 39.9. The van der Waals surface area contributed by atoms with Gasteiger partial charge in [-0.3, -0.25) is 4.98 Å². The average Bonchev–Trinajstić information content (AvgIpc) is 3.06. The van der Waals surface area contributed by atoms with Gasteiger partial charge in [-0.25, -0.2) is 4.98 Å². The molecule has 18 heavy (non-hydrogen) atoms. The molecule has 94 valence electrons. The van der Waals surface area contributed by atoms with Crippen LogP contribution in [0.4, 0.5) is 13.2 Å². The Labute approximate surface area is 101 Å². The maximum atomic E-state index is 12.8. The summed E-state index contributed by atoms with van der Waals surface area (Å²) in [5, 5.41) is 0. The molecular weight excluding hydrogens is 243 g/mol. The summed E-state index contributed by atoms with van der Waals surface area (Å²) in [5.74, 6) is 0.419. The van der Waals surface area contributed by atoms with E-state index in [9.17, 15) is 13.2 Å². The fourth-order valence-corrected chi connectivity index (χ4v) is 1.89. The van der Waals surface area contributed by atoms with Crippen LogP contribution in [0.5, 0.6) is 0 Å². The number of pyridine rings is 1. The molecule has 0 aromatic carbocycles. The van der Waals surface area contributed by atoms with Gasteiger partial charge in [0.25, 0.3) is 0 Å². The second-order valence-corrected chi connectivity index (χ2v) is 4.37. The average molecular weight is 253 g/mol. The lowest BCUT2D eigenvalue weighted by Crippen LogP contribution is -2.10. The highest BCUT2D eigenvalue weighted by Crippen LogP contribution is 2.39. The van der Waals surface area contributed by atoms with Crippen molar-refractivity contribution in [2.45, 2.75) is 24.9 Å². The highest BCUT2D eigenvalue weighted by Gasteiger charge is 2.34. The Hall–Kier alpha value is -1.85. The molecule has 3 rings (SSSR count). The first-order valence-corrected chi connectivity index (χ1v) is 5.61. The van der Waals surface area contributed by atoms with Crippen molar-refractivity contribution in [3.05, 3.63) is 42.2 Å². The lowest BCUT2D eigenvalue weighted by molar-refractivity contribution is -0.137. The molecule has 0 atom stereocenters. The SMILES string of the molecule is FC(F)(F)c1cnccc1-n1cnc(C2CC2)c1. The number of halogens is 3. The van der Waals surface area contributed by atoms with Crippen molar-refractivity contribution in [3.63, 3.8) is 0 Å². The fourth-order valence-electron chi connectivity index (χ4n) is 1.89. The summed E-state index contributed by atoms with van der Waals surface area (Å²) in [7, 11) is 0. The van der Waals surface area contributed by atoms with Crippen LogP contribution in [-0.2, 0) is 6.18 Å². The van der Waals surface area contributed by atoms with Gasteiger partial charge in [0.1, 0.15) is 0 Å². The maximum Gasteiger partial charge on any atom is 0.419 e. The van der Waals surface area contributed by atoms with E-state index in [1.54, 1.807) is 6.20 Å². The Morgan fingerprint density at radius 3 is 2.72 bits per heavy atom.